The Kier molecular flexibility index (Phi) is 2.64. The maximum absolute atomic E-state index is 6.14. The van der Waals surface area contributed by atoms with Crippen LogP contribution in [0.25, 0.3) is 17.0 Å². The van der Waals surface area contributed by atoms with E-state index in [0.29, 0.717) is 16.7 Å². The van der Waals surface area contributed by atoms with E-state index in [0.717, 1.165) is 11.2 Å². The smallest absolute Gasteiger partial charge is 0.216 e. The zero-order valence-corrected chi connectivity index (χ0v) is 10.4. The molecule has 0 aliphatic heterocycles. The second-order valence-corrected chi connectivity index (χ2v) is 4.16. The highest BCUT2D eigenvalue weighted by Gasteiger charge is 2.11. The Balaban J connectivity index is 2.23. The topological polar surface area (TPSA) is 39.4 Å². The summed E-state index contributed by atoms with van der Waals surface area (Å²) in [6.07, 6.45) is 0. The predicted molar refractivity (Wildman–Crippen MR) is 70.0 cm³/mol. The van der Waals surface area contributed by atoms with Gasteiger partial charge in [0.15, 0.2) is 11.5 Å². The Morgan fingerprint density at radius 2 is 1.94 bits per heavy atom. The molecule has 0 saturated heterocycles. The zero-order chi connectivity index (χ0) is 12.5. The van der Waals surface area contributed by atoms with Crippen LogP contribution >= 0.6 is 11.6 Å². The second-order valence-electron chi connectivity index (χ2n) is 3.75. The number of pyridine rings is 1. The molecule has 0 fully saturated rings. The molecule has 4 nitrogen and oxygen atoms in total. The first kappa shape index (κ1) is 11.0. The zero-order valence-electron chi connectivity index (χ0n) is 9.67. The van der Waals surface area contributed by atoms with Gasteiger partial charge in [-0.15, -0.1) is 5.10 Å². The van der Waals surface area contributed by atoms with Gasteiger partial charge in [-0.25, -0.2) is 4.98 Å². The van der Waals surface area contributed by atoms with Gasteiger partial charge in [-0.1, -0.05) is 29.8 Å². The number of fused-ring (bicyclic) bond motifs is 1. The Morgan fingerprint density at radius 1 is 1.11 bits per heavy atom. The van der Waals surface area contributed by atoms with E-state index >= 15 is 0 Å². The molecule has 0 aliphatic carbocycles. The van der Waals surface area contributed by atoms with Gasteiger partial charge in [-0.05, 0) is 18.2 Å². The van der Waals surface area contributed by atoms with Crippen molar-refractivity contribution in [2.45, 2.75) is 0 Å². The standard InChI is InChI=1S/C13H10ClN3O/c1-18-12-8-4-7-11-15-13(16-17(11)12)9-5-2-3-6-10(9)14/h2-8H,1H3. The third kappa shape index (κ3) is 1.71. The molecule has 0 unspecified atom stereocenters. The van der Waals surface area contributed by atoms with Crippen molar-refractivity contribution in [1.29, 1.82) is 0 Å². The summed E-state index contributed by atoms with van der Waals surface area (Å²) in [4.78, 5) is 4.44. The third-order valence-electron chi connectivity index (χ3n) is 2.65. The van der Waals surface area contributed by atoms with Crippen molar-refractivity contribution in [3.63, 3.8) is 0 Å². The van der Waals surface area contributed by atoms with E-state index < -0.39 is 0 Å². The Hall–Kier alpha value is -2.07. The summed E-state index contributed by atoms with van der Waals surface area (Å²) in [5, 5.41) is 5.04. The van der Waals surface area contributed by atoms with Crippen molar-refractivity contribution in [1.82, 2.24) is 14.6 Å². The van der Waals surface area contributed by atoms with Crippen LogP contribution in [0.2, 0.25) is 5.02 Å². The van der Waals surface area contributed by atoms with Crippen LogP contribution in [0.4, 0.5) is 0 Å². The molecule has 3 aromatic rings. The highest BCUT2D eigenvalue weighted by Crippen LogP contribution is 2.26. The molecule has 0 N–H and O–H groups in total. The van der Waals surface area contributed by atoms with Gasteiger partial charge in [0.1, 0.15) is 0 Å². The molecule has 0 amide bonds. The number of nitrogens with zero attached hydrogens (tertiary/aromatic N) is 3. The van der Waals surface area contributed by atoms with Crippen molar-refractivity contribution >= 4 is 17.2 Å². The van der Waals surface area contributed by atoms with E-state index in [2.05, 4.69) is 10.1 Å². The van der Waals surface area contributed by atoms with Crippen LogP contribution in [0.3, 0.4) is 0 Å². The lowest BCUT2D eigenvalue weighted by atomic mass is 10.2. The molecule has 5 heteroatoms. The quantitative estimate of drug-likeness (QED) is 0.710. The summed E-state index contributed by atoms with van der Waals surface area (Å²) in [7, 11) is 1.60. The van der Waals surface area contributed by atoms with Crippen LogP contribution in [-0.2, 0) is 0 Å². The van der Waals surface area contributed by atoms with Crippen LogP contribution in [0.5, 0.6) is 5.88 Å². The average Bonchev–Trinajstić information content (AvgIpc) is 2.82. The molecule has 2 aromatic heterocycles. The number of hydrogen-bond donors (Lipinski definition) is 0. The number of aromatic nitrogens is 3. The molecular formula is C13H10ClN3O. The lowest BCUT2D eigenvalue weighted by Gasteiger charge is -2.00. The Labute approximate surface area is 109 Å². The first-order valence-electron chi connectivity index (χ1n) is 5.44. The fourth-order valence-electron chi connectivity index (χ4n) is 1.79. The van der Waals surface area contributed by atoms with Crippen LogP contribution in [0.15, 0.2) is 42.5 Å². The number of ether oxygens (including phenoxy) is 1. The van der Waals surface area contributed by atoms with E-state index in [4.69, 9.17) is 16.3 Å². The van der Waals surface area contributed by atoms with Gasteiger partial charge in [0.2, 0.25) is 5.88 Å². The fraction of sp³-hybridized carbons (Fsp3) is 0.0769. The van der Waals surface area contributed by atoms with Gasteiger partial charge in [-0.2, -0.15) is 4.52 Å². The summed E-state index contributed by atoms with van der Waals surface area (Å²) in [6.45, 7) is 0. The summed E-state index contributed by atoms with van der Waals surface area (Å²) in [5.41, 5.74) is 1.54. The van der Waals surface area contributed by atoms with Crippen molar-refractivity contribution in [2.24, 2.45) is 0 Å². The van der Waals surface area contributed by atoms with E-state index in [1.165, 1.54) is 0 Å². The van der Waals surface area contributed by atoms with Crippen molar-refractivity contribution in [2.75, 3.05) is 7.11 Å². The van der Waals surface area contributed by atoms with Crippen LogP contribution in [0.1, 0.15) is 0 Å². The van der Waals surface area contributed by atoms with Gasteiger partial charge in [0.25, 0.3) is 0 Å². The van der Waals surface area contributed by atoms with Gasteiger partial charge >= 0.3 is 0 Å². The summed E-state index contributed by atoms with van der Waals surface area (Å²) >= 11 is 6.14. The van der Waals surface area contributed by atoms with Crippen molar-refractivity contribution in [3.8, 4) is 17.3 Å². The maximum atomic E-state index is 6.14. The van der Waals surface area contributed by atoms with Gasteiger partial charge in [0, 0.05) is 11.6 Å². The minimum Gasteiger partial charge on any atom is -0.481 e. The lowest BCUT2D eigenvalue weighted by molar-refractivity contribution is 0.386. The number of methoxy groups -OCH3 is 1. The number of benzene rings is 1. The van der Waals surface area contributed by atoms with Crippen LogP contribution < -0.4 is 4.74 Å². The normalized spacial score (nSPS) is 10.8. The van der Waals surface area contributed by atoms with Crippen LogP contribution in [0, 0.1) is 0 Å². The molecule has 90 valence electrons. The summed E-state index contributed by atoms with van der Waals surface area (Å²) in [6, 6.07) is 13.1. The summed E-state index contributed by atoms with van der Waals surface area (Å²) < 4.78 is 6.89. The fourth-order valence-corrected chi connectivity index (χ4v) is 2.01. The first-order valence-corrected chi connectivity index (χ1v) is 5.82. The van der Waals surface area contributed by atoms with E-state index in [1.807, 2.05) is 42.5 Å². The summed E-state index contributed by atoms with van der Waals surface area (Å²) in [5.74, 6) is 1.23. The molecule has 2 heterocycles. The van der Waals surface area contributed by atoms with E-state index in [1.54, 1.807) is 11.6 Å². The monoisotopic (exact) mass is 259 g/mol. The largest absolute Gasteiger partial charge is 0.481 e. The minimum absolute atomic E-state index is 0.588. The van der Waals surface area contributed by atoms with Crippen molar-refractivity contribution < 1.29 is 4.74 Å². The first-order chi connectivity index (χ1) is 8.79. The molecule has 3 rings (SSSR count). The lowest BCUT2D eigenvalue weighted by Crippen LogP contribution is -1.94. The molecule has 0 bridgehead atoms. The molecule has 0 spiro atoms. The van der Waals surface area contributed by atoms with Gasteiger partial charge < -0.3 is 4.74 Å². The number of hydrogen-bond acceptors (Lipinski definition) is 3. The van der Waals surface area contributed by atoms with E-state index in [9.17, 15) is 0 Å². The van der Waals surface area contributed by atoms with Gasteiger partial charge in [-0.3, -0.25) is 0 Å². The van der Waals surface area contributed by atoms with Crippen LogP contribution in [-0.4, -0.2) is 21.7 Å². The maximum Gasteiger partial charge on any atom is 0.216 e. The Morgan fingerprint density at radius 3 is 2.72 bits per heavy atom. The number of rotatable bonds is 2. The number of halogens is 1. The third-order valence-corrected chi connectivity index (χ3v) is 2.98. The minimum atomic E-state index is 0.588. The second kappa shape index (κ2) is 4.31. The predicted octanol–water partition coefficient (Wildman–Crippen LogP) is 3.06. The molecule has 0 saturated carbocycles. The van der Waals surface area contributed by atoms with Crippen molar-refractivity contribution in [3.05, 3.63) is 47.5 Å². The molecule has 0 aliphatic rings. The molecule has 0 radical (unpaired) electrons. The molecular weight excluding hydrogens is 250 g/mol. The highest BCUT2D eigenvalue weighted by molar-refractivity contribution is 6.33. The van der Waals surface area contributed by atoms with E-state index in [-0.39, 0.29) is 0 Å². The average molecular weight is 260 g/mol. The SMILES string of the molecule is COc1cccc2nc(-c3ccccc3Cl)nn12. The highest BCUT2D eigenvalue weighted by atomic mass is 35.5. The molecule has 0 atom stereocenters. The van der Waals surface area contributed by atoms with Gasteiger partial charge in [0.05, 0.1) is 12.1 Å². The molecule has 1 aromatic carbocycles. The Bertz CT molecular complexity index is 708. The molecule has 18 heavy (non-hydrogen) atoms.